The van der Waals surface area contributed by atoms with Gasteiger partial charge in [0.15, 0.2) is 25.3 Å². The van der Waals surface area contributed by atoms with Crippen molar-refractivity contribution in [3.63, 3.8) is 0 Å². The summed E-state index contributed by atoms with van der Waals surface area (Å²) in [5.41, 5.74) is 2.59. The Morgan fingerprint density at radius 1 is 0.800 bits per heavy atom. The van der Waals surface area contributed by atoms with Gasteiger partial charge < -0.3 is 5.32 Å². The molecule has 2 aromatic heterocycles. The van der Waals surface area contributed by atoms with Gasteiger partial charge in [-0.25, -0.2) is 21.4 Å². The fourth-order valence-corrected chi connectivity index (χ4v) is 4.27. The zero-order valence-corrected chi connectivity index (χ0v) is 17.8. The van der Waals surface area contributed by atoms with E-state index in [1.165, 1.54) is 18.4 Å². The molecule has 30 heavy (non-hydrogen) atoms. The van der Waals surface area contributed by atoms with E-state index in [0.29, 0.717) is 28.5 Å². The highest BCUT2D eigenvalue weighted by Gasteiger charge is 2.13. The summed E-state index contributed by atoms with van der Waals surface area (Å²) in [5, 5.41) is 7.53. The van der Waals surface area contributed by atoms with E-state index in [-0.39, 0.29) is 9.79 Å². The first-order chi connectivity index (χ1) is 14.1. The number of pyridine rings is 1. The summed E-state index contributed by atoms with van der Waals surface area (Å²) in [6, 6.07) is 18.4. The van der Waals surface area contributed by atoms with Crippen molar-refractivity contribution in [1.29, 1.82) is 0 Å². The Hall–Kier alpha value is -3.24. The van der Waals surface area contributed by atoms with Crippen molar-refractivity contribution in [1.82, 2.24) is 14.6 Å². The molecule has 0 amide bonds. The molecule has 0 bridgehead atoms. The summed E-state index contributed by atoms with van der Waals surface area (Å²) >= 11 is 0. The molecule has 2 heterocycles. The minimum atomic E-state index is -3.34. The van der Waals surface area contributed by atoms with Gasteiger partial charge in [0.2, 0.25) is 5.95 Å². The third-order valence-electron chi connectivity index (χ3n) is 4.46. The minimum absolute atomic E-state index is 0.224. The highest BCUT2D eigenvalue weighted by Crippen LogP contribution is 2.24. The third kappa shape index (κ3) is 4.05. The van der Waals surface area contributed by atoms with Crippen LogP contribution in [0, 0.1) is 0 Å². The van der Waals surface area contributed by atoms with Gasteiger partial charge in [-0.2, -0.15) is 4.98 Å². The Morgan fingerprint density at radius 2 is 1.47 bits per heavy atom. The Morgan fingerprint density at radius 3 is 2.13 bits per heavy atom. The van der Waals surface area contributed by atoms with Gasteiger partial charge in [0.05, 0.1) is 15.5 Å². The van der Waals surface area contributed by atoms with E-state index in [1.807, 2.05) is 18.2 Å². The van der Waals surface area contributed by atoms with Gasteiger partial charge in [-0.15, -0.1) is 5.10 Å². The summed E-state index contributed by atoms with van der Waals surface area (Å²) in [7, 11) is -6.61. The van der Waals surface area contributed by atoms with Crippen molar-refractivity contribution in [3.8, 4) is 11.3 Å². The van der Waals surface area contributed by atoms with Crippen molar-refractivity contribution in [2.24, 2.45) is 0 Å². The molecule has 0 saturated heterocycles. The number of hydrogen-bond donors (Lipinski definition) is 1. The molecule has 0 radical (unpaired) electrons. The lowest BCUT2D eigenvalue weighted by Crippen LogP contribution is -1.99. The molecule has 0 aliphatic heterocycles. The summed E-state index contributed by atoms with van der Waals surface area (Å²) < 4.78 is 48.6. The number of aromatic nitrogens is 3. The lowest BCUT2D eigenvalue weighted by molar-refractivity contribution is 0.600. The molecule has 0 aliphatic carbocycles. The van der Waals surface area contributed by atoms with Crippen LogP contribution in [0.2, 0.25) is 0 Å². The van der Waals surface area contributed by atoms with Crippen LogP contribution >= 0.6 is 0 Å². The number of benzene rings is 2. The monoisotopic (exact) mass is 442 g/mol. The van der Waals surface area contributed by atoms with E-state index >= 15 is 0 Å². The van der Waals surface area contributed by atoms with Gasteiger partial charge in [0.1, 0.15) is 0 Å². The predicted molar refractivity (Wildman–Crippen MR) is 114 cm³/mol. The van der Waals surface area contributed by atoms with E-state index in [2.05, 4.69) is 15.4 Å². The number of rotatable bonds is 5. The molecular weight excluding hydrogens is 424 g/mol. The van der Waals surface area contributed by atoms with Gasteiger partial charge in [-0.05, 0) is 48.5 Å². The molecule has 0 saturated carbocycles. The number of sulfone groups is 2. The Kier molecular flexibility index (Phi) is 4.83. The van der Waals surface area contributed by atoms with Crippen molar-refractivity contribution in [3.05, 3.63) is 66.7 Å². The van der Waals surface area contributed by atoms with Crippen LogP contribution in [0.5, 0.6) is 0 Å². The molecule has 4 rings (SSSR count). The summed E-state index contributed by atoms with van der Waals surface area (Å²) in [5.74, 6) is 0.328. The molecule has 0 unspecified atom stereocenters. The molecule has 1 N–H and O–H groups in total. The van der Waals surface area contributed by atoms with Gasteiger partial charge in [0.25, 0.3) is 0 Å². The highest BCUT2D eigenvalue weighted by molar-refractivity contribution is 7.91. The van der Waals surface area contributed by atoms with Crippen LogP contribution in [-0.2, 0) is 19.7 Å². The third-order valence-corrected chi connectivity index (χ3v) is 6.70. The van der Waals surface area contributed by atoms with Gasteiger partial charge in [-0.1, -0.05) is 18.2 Å². The number of fused-ring (bicyclic) bond motifs is 1. The fraction of sp³-hybridized carbons (Fsp3) is 0.100. The maximum atomic E-state index is 11.9. The van der Waals surface area contributed by atoms with Gasteiger partial charge in [-0.3, -0.25) is 0 Å². The van der Waals surface area contributed by atoms with Crippen molar-refractivity contribution >= 4 is 37.0 Å². The van der Waals surface area contributed by atoms with E-state index in [4.69, 9.17) is 0 Å². The maximum absolute atomic E-state index is 11.9. The van der Waals surface area contributed by atoms with E-state index in [1.54, 1.807) is 40.9 Å². The Balaban J connectivity index is 1.71. The Bertz CT molecular complexity index is 1460. The van der Waals surface area contributed by atoms with Crippen molar-refractivity contribution < 1.29 is 16.8 Å². The molecule has 8 nitrogen and oxygen atoms in total. The molecule has 2 aromatic carbocycles. The van der Waals surface area contributed by atoms with Crippen LogP contribution in [0.4, 0.5) is 11.6 Å². The number of hydrogen-bond acceptors (Lipinski definition) is 7. The molecule has 10 heteroatoms. The molecule has 0 atom stereocenters. The highest BCUT2D eigenvalue weighted by atomic mass is 32.2. The first kappa shape index (κ1) is 20.0. The summed E-state index contributed by atoms with van der Waals surface area (Å²) in [4.78, 5) is 4.89. The van der Waals surface area contributed by atoms with Crippen LogP contribution in [0.3, 0.4) is 0 Å². The first-order valence-corrected chi connectivity index (χ1v) is 12.6. The lowest BCUT2D eigenvalue weighted by atomic mass is 10.1. The Labute approximate surface area is 174 Å². The van der Waals surface area contributed by atoms with Crippen molar-refractivity contribution in [2.45, 2.75) is 9.79 Å². The molecule has 0 aliphatic rings. The largest absolute Gasteiger partial charge is 0.323 e. The van der Waals surface area contributed by atoms with E-state index < -0.39 is 19.7 Å². The molecule has 154 valence electrons. The second-order valence-corrected chi connectivity index (χ2v) is 10.9. The van der Waals surface area contributed by atoms with Crippen LogP contribution in [-0.4, -0.2) is 43.9 Å². The molecule has 0 fully saturated rings. The topological polar surface area (TPSA) is 110 Å². The van der Waals surface area contributed by atoms with E-state index in [9.17, 15) is 16.8 Å². The molecule has 0 spiro atoms. The summed E-state index contributed by atoms with van der Waals surface area (Å²) in [6.45, 7) is 0. The van der Waals surface area contributed by atoms with Gasteiger partial charge in [0, 0.05) is 23.8 Å². The zero-order valence-electron chi connectivity index (χ0n) is 16.1. The average Bonchev–Trinajstić information content (AvgIpc) is 3.09. The number of anilines is 2. The first-order valence-electron chi connectivity index (χ1n) is 8.85. The summed E-state index contributed by atoms with van der Waals surface area (Å²) in [6.07, 6.45) is 2.32. The molecular formula is C20H18N4O4S2. The lowest BCUT2D eigenvalue weighted by Gasteiger charge is -2.06. The van der Waals surface area contributed by atoms with Crippen LogP contribution < -0.4 is 5.32 Å². The standard InChI is InChI=1S/C20H18N4O4S2/c1-29(25,26)16-11-9-15(10-12-16)21-20-22-19-8-4-7-18(24(19)23-20)14-5-3-6-17(13-14)30(2,27)28/h3-13H,1-2H3,(H,21,23). The normalized spacial score (nSPS) is 12.2. The molecule has 4 aromatic rings. The van der Waals surface area contributed by atoms with Crippen LogP contribution in [0.15, 0.2) is 76.5 Å². The zero-order chi connectivity index (χ0) is 21.5. The van der Waals surface area contributed by atoms with Crippen LogP contribution in [0.1, 0.15) is 0 Å². The van der Waals surface area contributed by atoms with Crippen molar-refractivity contribution in [2.75, 3.05) is 17.8 Å². The smallest absolute Gasteiger partial charge is 0.247 e. The maximum Gasteiger partial charge on any atom is 0.247 e. The SMILES string of the molecule is CS(=O)(=O)c1ccc(Nc2nc3cccc(-c4cccc(S(C)(=O)=O)c4)n3n2)cc1. The van der Waals surface area contributed by atoms with Gasteiger partial charge >= 0.3 is 0 Å². The second-order valence-electron chi connectivity index (χ2n) is 6.84. The fourth-order valence-electron chi connectivity index (χ4n) is 2.98. The van der Waals surface area contributed by atoms with E-state index in [0.717, 1.165) is 6.26 Å². The predicted octanol–water partition coefficient (Wildman–Crippen LogP) is 2.95. The van der Waals surface area contributed by atoms with Crippen LogP contribution in [0.25, 0.3) is 16.9 Å². The quantitative estimate of drug-likeness (QED) is 0.506. The average molecular weight is 443 g/mol. The number of nitrogens with one attached hydrogen (secondary N) is 1. The second kappa shape index (κ2) is 7.22. The number of nitrogens with zero attached hydrogens (tertiary/aromatic N) is 3. The minimum Gasteiger partial charge on any atom is -0.323 e.